The second-order valence-corrected chi connectivity index (χ2v) is 12.5. The van der Waals surface area contributed by atoms with E-state index < -0.39 is 5.60 Å². The average Bonchev–Trinajstić information content (AvgIpc) is 3.19. The third kappa shape index (κ3) is 7.37. The standard InChI is InChI=1S/C31H41Cl2NO4/c1-5-6-8-22-17-26(32)24(27(33)18-22)20-36-23-10-11-25-28(19-23)37-21-31(25)12-15-34(16-13-31)14-7-9-29(35)38-30(2,3)4/h10-11,17-19H,5-9,12-16,20-21H2,1-4H3. The highest BCUT2D eigenvalue weighted by atomic mass is 35.5. The molecule has 0 saturated carbocycles. The Morgan fingerprint density at radius 1 is 1.08 bits per heavy atom. The fraction of sp³-hybridized carbons (Fsp3) is 0.581. The number of rotatable bonds is 10. The SMILES string of the molecule is CCCCc1cc(Cl)c(COc2ccc3c(c2)OCC32CCN(CCCC(=O)OC(C)(C)C)CC2)c(Cl)c1. The Labute approximate surface area is 237 Å². The highest BCUT2D eigenvalue weighted by Gasteiger charge is 2.43. The van der Waals surface area contributed by atoms with Gasteiger partial charge in [0.1, 0.15) is 23.7 Å². The smallest absolute Gasteiger partial charge is 0.306 e. The molecule has 208 valence electrons. The maximum Gasteiger partial charge on any atom is 0.306 e. The molecule has 38 heavy (non-hydrogen) atoms. The van der Waals surface area contributed by atoms with E-state index in [2.05, 4.69) is 17.9 Å². The predicted molar refractivity (Wildman–Crippen MR) is 154 cm³/mol. The van der Waals surface area contributed by atoms with Crippen LogP contribution in [0.4, 0.5) is 0 Å². The summed E-state index contributed by atoms with van der Waals surface area (Å²) in [6.45, 7) is 11.8. The van der Waals surface area contributed by atoms with Crippen molar-refractivity contribution in [3.05, 3.63) is 57.1 Å². The first kappa shape index (κ1) is 29.0. The molecule has 1 fully saturated rings. The van der Waals surface area contributed by atoms with Gasteiger partial charge in [-0.15, -0.1) is 0 Å². The maximum absolute atomic E-state index is 12.0. The first-order valence-corrected chi connectivity index (χ1v) is 14.7. The van der Waals surface area contributed by atoms with Gasteiger partial charge in [0.25, 0.3) is 0 Å². The molecular weight excluding hydrogens is 521 g/mol. The molecule has 2 aliphatic heterocycles. The summed E-state index contributed by atoms with van der Waals surface area (Å²) in [5, 5.41) is 1.30. The lowest BCUT2D eigenvalue weighted by atomic mass is 9.74. The third-order valence-corrected chi connectivity index (χ3v) is 8.19. The van der Waals surface area contributed by atoms with Crippen LogP contribution in [-0.4, -0.2) is 42.7 Å². The van der Waals surface area contributed by atoms with Crippen molar-refractivity contribution in [2.45, 2.75) is 90.3 Å². The number of fused-ring (bicyclic) bond motifs is 2. The van der Waals surface area contributed by atoms with Gasteiger partial charge in [-0.05, 0) is 96.3 Å². The fourth-order valence-electron chi connectivity index (χ4n) is 5.38. The summed E-state index contributed by atoms with van der Waals surface area (Å²) in [6.07, 6.45) is 6.61. The number of hydrogen-bond donors (Lipinski definition) is 0. The molecule has 4 rings (SSSR count). The second kappa shape index (κ2) is 12.5. The average molecular weight is 563 g/mol. The number of nitrogens with zero attached hydrogens (tertiary/aromatic N) is 1. The molecule has 0 amide bonds. The van der Waals surface area contributed by atoms with Gasteiger partial charge in [0.15, 0.2) is 0 Å². The molecule has 0 radical (unpaired) electrons. The van der Waals surface area contributed by atoms with Crippen LogP contribution in [0.15, 0.2) is 30.3 Å². The van der Waals surface area contributed by atoms with E-state index in [1.807, 2.05) is 45.0 Å². The van der Waals surface area contributed by atoms with E-state index in [0.717, 1.165) is 80.8 Å². The molecule has 0 unspecified atom stereocenters. The molecule has 2 aromatic rings. The van der Waals surface area contributed by atoms with E-state index in [1.54, 1.807) is 0 Å². The number of carbonyl (C=O) groups is 1. The van der Waals surface area contributed by atoms with Crippen molar-refractivity contribution < 1.29 is 19.0 Å². The van der Waals surface area contributed by atoms with Gasteiger partial charge < -0.3 is 19.1 Å². The number of ether oxygens (including phenoxy) is 3. The summed E-state index contributed by atoms with van der Waals surface area (Å²) in [5.74, 6) is 1.55. The number of piperidine rings is 1. The van der Waals surface area contributed by atoms with Gasteiger partial charge in [0.2, 0.25) is 0 Å². The van der Waals surface area contributed by atoms with Crippen LogP contribution in [0.3, 0.4) is 0 Å². The maximum atomic E-state index is 12.0. The Bertz CT molecular complexity index is 1100. The van der Waals surface area contributed by atoms with E-state index >= 15 is 0 Å². The second-order valence-electron chi connectivity index (χ2n) is 11.7. The highest BCUT2D eigenvalue weighted by Crippen LogP contribution is 2.46. The summed E-state index contributed by atoms with van der Waals surface area (Å²) in [5.41, 5.74) is 2.88. The minimum absolute atomic E-state index is 0.0520. The molecular formula is C31H41Cl2NO4. The minimum atomic E-state index is -0.422. The lowest BCUT2D eigenvalue weighted by molar-refractivity contribution is -0.155. The van der Waals surface area contributed by atoms with Crippen LogP contribution in [0.2, 0.25) is 10.0 Å². The first-order chi connectivity index (χ1) is 18.1. The fourth-order valence-corrected chi connectivity index (χ4v) is 6.02. The largest absolute Gasteiger partial charge is 0.492 e. The molecule has 0 aromatic heterocycles. The lowest BCUT2D eigenvalue weighted by Gasteiger charge is -2.38. The number of likely N-dealkylation sites (tertiary alicyclic amines) is 1. The van der Waals surface area contributed by atoms with Crippen LogP contribution < -0.4 is 9.47 Å². The summed E-state index contributed by atoms with van der Waals surface area (Å²) in [7, 11) is 0. The van der Waals surface area contributed by atoms with Gasteiger partial charge in [-0.1, -0.05) is 42.6 Å². The van der Waals surface area contributed by atoms with Crippen LogP contribution in [0.25, 0.3) is 0 Å². The van der Waals surface area contributed by atoms with E-state index in [1.165, 1.54) is 5.56 Å². The molecule has 0 aliphatic carbocycles. The number of halogens is 2. The number of aryl methyl sites for hydroxylation is 1. The van der Waals surface area contributed by atoms with Gasteiger partial charge in [0, 0.05) is 39.1 Å². The molecule has 2 heterocycles. The zero-order valence-electron chi connectivity index (χ0n) is 23.2. The summed E-state index contributed by atoms with van der Waals surface area (Å²) < 4.78 is 17.7. The number of unbranched alkanes of at least 4 members (excludes halogenated alkanes) is 1. The van der Waals surface area contributed by atoms with Gasteiger partial charge >= 0.3 is 5.97 Å². The molecule has 5 nitrogen and oxygen atoms in total. The van der Waals surface area contributed by atoms with Crippen LogP contribution in [0, 0.1) is 0 Å². The third-order valence-electron chi connectivity index (χ3n) is 7.52. The molecule has 1 saturated heterocycles. The highest BCUT2D eigenvalue weighted by molar-refractivity contribution is 6.36. The normalized spacial score (nSPS) is 16.8. The zero-order valence-corrected chi connectivity index (χ0v) is 24.7. The summed E-state index contributed by atoms with van der Waals surface area (Å²) >= 11 is 13.1. The topological polar surface area (TPSA) is 48.0 Å². The van der Waals surface area contributed by atoms with Gasteiger partial charge in [-0.3, -0.25) is 4.79 Å². The van der Waals surface area contributed by atoms with E-state index in [4.69, 9.17) is 37.4 Å². The molecule has 2 aromatic carbocycles. The van der Waals surface area contributed by atoms with Crippen LogP contribution >= 0.6 is 23.2 Å². The zero-order chi connectivity index (χ0) is 27.3. The van der Waals surface area contributed by atoms with Crippen molar-refractivity contribution >= 4 is 29.2 Å². The number of benzene rings is 2. The Balaban J connectivity index is 1.29. The monoisotopic (exact) mass is 561 g/mol. The van der Waals surface area contributed by atoms with Crippen molar-refractivity contribution in [1.82, 2.24) is 4.90 Å². The number of carbonyl (C=O) groups excluding carboxylic acids is 1. The minimum Gasteiger partial charge on any atom is -0.492 e. The number of esters is 1. The van der Waals surface area contributed by atoms with Crippen molar-refractivity contribution in [3.8, 4) is 11.5 Å². The van der Waals surface area contributed by atoms with Gasteiger partial charge in [-0.2, -0.15) is 0 Å². The van der Waals surface area contributed by atoms with E-state index in [-0.39, 0.29) is 11.4 Å². The van der Waals surface area contributed by atoms with Crippen LogP contribution in [0.1, 0.15) is 82.9 Å². The lowest BCUT2D eigenvalue weighted by Crippen LogP contribution is -2.44. The Hall–Kier alpha value is -1.95. The quantitative estimate of drug-likeness (QED) is 0.277. The van der Waals surface area contributed by atoms with Crippen LogP contribution in [-0.2, 0) is 28.0 Å². The molecule has 2 aliphatic rings. The molecule has 0 atom stereocenters. The predicted octanol–water partition coefficient (Wildman–Crippen LogP) is 7.76. The van der Waals surface area contributed by atoms with Gasteiger partial charge in [-0.25, -0.2) is 0 Å². The molecule has 0 bridgehead atoms. The summed E-state index contributed by atoms with van der Waals surface area (Å²) in [4.78, 5) is 14.4. The Kier molecular flexibility index (Phi) is 9.54. The molecule has 0 N–H and O–H groups in total. The number of hydrogen-bond acceptors (Lipinski definition) is 5. The van der Waals surface area contributed by atoms with Crippen LogP contribution in [0.5, 0.6) is 11.5 Å². The van der Waals surface area contributed by atoms with Gasteiger partial charge in [0.05, 0.1) is 6.61 Å². The molecule has 7 heteroatoms. The van der Waals surface area contributed by atoms with Crippen molar-refractivity contribution in [2.75, 3.05) is 26.2 Å². The van der Waals surface area contributed by atoms with E-state index in [0.29, 0.717) is 29.7 Å². The van der Waals surface area contributed by atoms with Crippen molar-refractivity contribution in [3.63, 3.8) is 0 Å². The Morgan fingerprint density at radius 2 is 1.79 bits per heavy atom. The Morgan fingerprint density at radius 3 is 2.45 bits per heavy atom. The van der Waals surface area contributed by atoms with E-state index in [9.17, 15) is 4.79 Å². The molecule has 1 spiro atoms. The summed E-state index contributed by atoms with van der Waals surface area (Å²) in [6, 6.07) is 10.2. The van der Waals surface area contributed by atoms with Crippen molar-refractivity contribution in [2.24, 2.45) is 0 Å². The van der Waals surface area contributed by atoms with Crippen molar-refractivity contribution in [1.29, 1.82) is 0 Å². The first-order valence-electron chi connectivity index (χ1n) is 13.9.